The van der Waals surface area contributed by atoms with Crippen LogP contribution in [0.4, 0.5) is 0 Å². The number of hydrogen-bond acceptors (Lipinski definition) is 2. The lowest BCUT2D eigenvalue weighted by Crippen LogP contribution is -2.44. The van der Waals surface area contributed by atoms with Crippen LogP contribution in [0, 0.1) is 0 Å². The van der Waals surface area contributed by atoms with Gasteiger partial charge in [0.05, 0.1) is 6.10 Å². The van der Waals surface area contributed by atoms with Crippen molar-refractivity contribution in [3.63, 3.8) is 0 Å². The first-order valence-corrected chi connectivity index (χ1v) is 8.80. The molecule has 16 heavy (non-hydrogen) atoms. The van der Waals surface area contributed by atoms with Crippen molar-refractivity contribution < 1.29 is 9.22 Å². The molecule has 3 heteroatoms. The second-order valence-corrected chi connectivity index (χ2v) is 10.6. The molecule has 0 saturated heterocycles. The van der Waals surface area contributed by atoms with Crippen molar-refractivity contribution in [2.75, 3.05) is 0 Å². The molecule has 0 aliphatic rings. The molecule has 0 aromatic rings. The summed E-state index contributed by atoms with van der Waals surface area (Å²) in [5.74, 6) is 0. The van der Waals surface area contributed by atoms with Gasteiger partial charge < -0.3 is 9.22 Å². The third kappa shape index (κ3) is 4.22. The maximum Gasteiger partial charge on any atom is 0.192 e. The van der Waals surface area contributed by atoms with Crippen LogP contribution in [-0.4, -0.2) is 20.7 Å². The summed E-state index contributed by atoms with van der Waals surface area (Å²) in [6.07, 6.45) is 3.40. The van der Waals surface area contributed by atoms with Crippen molar-refractivity contribution in [3.8, 4) is 0 Å². The minimum Gasteiger partial charge on any atom is -0.410 e. The summed E-state index contributed by atoms with van der Waals surface area (Å²) >= 11 is 0. The van der Waals surface area contributed by atoms with E-state index < -0.39 is 8.32 Å². The van der Waals surface area contributed by atoms with Gasteiger partial charge in [0.15, 0.2) is 8.32 Å². The van der Waals surface area contributed by atoms with Gasteiger partial charge >= 0.3 is 0 Å². The quantitative estimate of drug-likeness (QED) is 0.415. The molecule has 0 bridgehead atoms. The molecule has 0 heterocycles. The van der Waals surface area contributed by atoms with Crippen LogP contribution in [0.3, 0.4) is 0 Å². The van der Waals surface area contributed by atoms with E-state index in [-0.39, 0.29) is 11.1 Å². The first-order valence-electron chi connectivity index (χ1n) is 5.90. The van der Waals surface area contributed by atoms with Crippen LogP contribution < -0.4 is 0 Å². The van der Waals surface area contributed by atoms with Crippen LogP contribution >= 0.6 is 0 Å². The highest BCUT2D eigenvalue weighted by Crippen LogP contribution is 2.38. The van der Waals surface area contributed by atoms with Crippen LogP contribution in [0.15, 0.2) is 11.6 Å². The molecular formula is C13H26O2Si. The molecule has 0 aliphatic heterocycles. The highest BCUT2D eigenvalue weighted by Gasteiger charge is 2.39. The molecule has 0 aromatic heterocycles. The van der Waals surface area contributed by atoms with E-state index in [1.54, 1.807) is 0 Å². The van der Waals surface area contributed by atoms with Gasteiger partial charge in [-0.25, -0.2) is 0 Å². The first kappa shape index (κ1) is 15.6. The zero-order valence-electron chi connectivity index (χ0n) is 11.8. The fraction of sp³-hybridized carbons (Fsp3) is 0.769. The molecule has 0 rings (SSSR count). The van der Waals surface area contributed by atoms with E-state index in [9.17, 15) is 4.79 Å². The van der Waals surface area contributed by atoms with E-state index in [1.165, 1.54) is 0 Å². The topological polar surface area (TPSA) is 26.3 Å². The maximum atomic E-state index is 10.7. The van der Waals surface area contributed by atoms with Crippen molar-refractivity contribution in [1.82, 2.24) is 0 Å². The van der Waals surface area contributed by atoms with E-state index in [4.69, 9.17) is 4.43 Å². The summed E-state index contributed by atoms with van der Waals surface area (Å²) in [6, 6.07) is 0. The van der Waals surface area contributed by atoms with Gasteiger partial charge in [0.25, 0.3) is 0 Å². The minimum atomic E-state index is -1.78. The Hall–Kier alpha value is -0.413. The van der Waals surface area contributed by atoms with Gasteiger partial charge in [-0.2, -0.15) is 0 Å². The zero-order chi connectivity index (χ0) is 13.0. The normalized spacial score (nSPS) is 16.1. The number of carbonyl (C=O) groups is 1. The monoisotopic (exact) mass is 242 g/mol. The average Bonchev–Trinajstić information content (AvgIpc) is 2.14. The van der Waals surface area contributed by atoms with E-state index >= 15 is 0 Å². The SMILES string of the molecule is C/C=C(/C)[C@@H](CC=O)O[Si](C)(C)C(C)(C)C. The molecule has 0 spiro atoms. The summed E-state index contributed by atoms with van der Waals surface area (Å²) in [5.41, 5.74) is 1.15. The van der Waals surface area contributed by atoms with Crippen molar-refractivity contribution in [2.24, 2.45) is 0 Å². The number of rotatable bonds is 5. The molecule has 0 N–H and O–H groups in total. The maximum absolute atomic E-state index is 10.7. The minimum absolute atomic E-state index is 0.0385. The third-order valence-corrected chi connectivity index (χ3v) is 8.00. The highest BCUT2D eigenvalue weighted by atomic mass is 28.4. The standard InChI is InChI=1S/C13H26O2Si/c1-8-11(2)12(9-10-14)15-16(6,7)13(3,4)5/h8,10,12H,9H2,1-7H3/b11-8-/t12-/m1/s1. The van der Waals surface area contributed by atoms with E-state index in [1.807, 2.05) is 19.9 Å². The average molecular weight is 242 g/mol. The number of carbonyl (C=O) groups excluding carboxylic acids is 1. The van der Waals surface area contributed by atoms with E-state index in [0.717, 1.165) is 11.9 Å². The van der Waals surface area contributed by atoms with Gasteiger partial charge in [-0.1, -0.05) is 26.8 Å². The first-order chi connectivity index (χ1) is 7.15. The Morgan fingerprint density at radius 2 is 1.88 bits per heavy atom. The van der Waals surface area contributed by atoms with Crippen molar-refractivity contribution in [2.45, 2.75) is 65.3 Å². The molecule has 0 amide bonds. The zero-order valence-corrected chi connectivity index (χ0v) is 12.8. The Balaban J connectivity index is 4.82. The molecule has 2 nitrogen and oxygen atoms in total. The Labute approximate surface area is 101 Å². The Morgan fingerprint density at radius 1 is 1.38 bits per heavy atom. The molecule has 0 aliphatic carbocycles. The van der Waals surface area contributed by atoms with Crippen molar-refractivity contribution >= 4 is 14.6 Å². The van der Waals surface area contributed by atoms with Crippen LogP contribution in [-0.2, 0) is 9.22 Å². The summed E-state index contributed by atoms with van der Waals surface area (Å²) in [6.45, 7) is 15.1. The molecule has 0 aromatic carbocycles. The van der Waals surface area contributed by atoms with Gasteiger partial charge in [0.1, 0.15) is 6.29 Å². The molecule has 0 saturated carbocycles. The van der Waals surface area contributed by atoms with E-state index in [0.29, 0.717) is 6.42 Å². The van der Waals surface area contributed by atoms with Gasteiger partial charge in [-0.05, 0) is 37.6 Å². The largest absolute Gasteiger partial charge is 0.410 e. The van der Waals surface area contributed by atoms with E-state index in [2.05, 4.69) is 33.9 Å². The summed E-state index contributed by atoms with van der Waals surface area (Å²) < 4.78 is 6.23. The van der Waals surface area contributed by atoms with Crippen molar-refractivity contribution in [1.29, 1.82) is 0 Å². The Morgan fingerprint density at radius 3 is 2.19 bits per heavy atom. The highest BCUT2D eigenvalue weighted by molar-refractivity contribution is 6.74. The lowest BCUT2D eigenvalue weighted by atomic mass is 10.1. The van der Waals surface area contributed by atoms with Gasteiger partial charge in [0.2, 0.25) is 0 Å². The predicted molar refractivity (Wildman–Crippen MR) is 72.2 cm³/mol. The molecule has 1 atom stereocenters. The van der Waals surface area contributed by atoms with Crippen molar-refractivity contribution in [3.05, 3.63) is 11.6 Å². The number of allylic oxidation sites excluding steroid dienone is 1. The molecule has 94 valence electrons. The van der Waals surface area contributed by atoms with Gasteiger partial charge in [-0.15, -0.1) is 0 Å². The molecular weight excluding hydrogens is 216 g/mol. The summed E-state index contributed by atoms with van der Waals surface area (Å²) in [4.78, 5) is 10.7. The summed E-state index contributed by atoms with van der Waals surface area (Å²) in [7, 11) is -1.78. The Bertz CT molecular complexity index is 262. The smallest absolute Gasteiger partial charge is 0.192 e. The lowest BCUT2D eigenvalue weighted by molar-refractivity contribution is -0.109. The fourth-order valence-electron chi connectivity index (χ4n) is 1.13. The molecule has 0 fully saturated rings. The number of hydrogen-bond donors (Lipinski definition) is 0. The third-order valence-electron chi connectivity index (χ3n) is 3.52. The summed E-state index contributed by atoms with van der Waals surface area (Å²) in [5, 5.41) is 0.183. The second-order valence-electron chi connectivity index (χ2n) is 5.80. The van der Waals surface area contributed by atoms with Crippen LogP contribution in [0.2, 0.25) is 18.1 Å². The van der Waals surface area contributed by atoms with Gasteiger partial charge in [-0.3, -0.25) is 0 Å². The van der Waals surface area contributed by atoms with Crippen LogP contribution in [0.1, 0.15) is 41.0 Å². The van der Waals surface area contributed by atoms with Crippen LogP contribution in [0.25, 0.3) is 0 Å². The second kappa shape index (κ2) is 5.78. The molecule has 0 radical (unpaired) electrons. The molecule has 0 unspecified atom stereocenters. The Kier molecular flexibility index (Phi) is 5.63. The number of aldehydes is 1. The lowest BCUT2D eigenvalue weighted by Gasteiger charge is -2.39. The fourth-order valence-corrected chi connectivity index (χ4v) is 2.48. The van der Waals surface area contributed by atoms with Crippen LogP contribution in [0.5, 0.6) is 0 Å². The predicted octanol–water partition coefficient (Wildman–Crippen LogP) is 3.93. The van der Waals surface area contributed by atoms with Gasteiger partial charge in [0, 0.05) is 6.42 Å².